The fourth-order valence-electron chi connectivity index (χ4n) is 5.72. The molecule has 8 nitrogen and oxygen atoms in total. The third-order valence-electron chi connectivity index (χ3n) is 8.17. The molecule has 0 unspecified atom stereocenters. The quantitative estimate of drug-likeness (QED) is 0.367. The molecule has 2 N–H and O–H groups in total. The summed E-state index contributed by atoms with van der Waals surface area (Å²) in [6.07, 6.45) is 4.19. The van der Waals surface area contributed by atoms with Crippen molar-refractivity contribution in [3.05, 3.63) is 80.1 Å². The minimum Gasteiger partial charge on any atom is -0.358 e. The largest absolute Gasteiger partial charge is 0.358 e. The van der Waals surface area contributed by atoms with Crippen molar-refractivity contribution < 1.29 is 18.0 Å². The number of nitrogens with one attached hydrogen (secondary N) is 2. The average molecular weight is 614 g/mol. The van der Waals surface area contributed by atoms with Crippen molar-refractivity contribution >= 4 is 62.2 Å². The van der Waals surface area contributed by atoms with Gasteiger partial charge in [-0.25, -0.2) is 8.42 Å². The van der Waals surface area contributed by atoms with E-state index in [4.69, 9.17) is 23.2 Å². The van der Waals surface area contributed by atoms with Gasteiger partial charge in [0.2, 0.25) is 0 Å². The van der Waals surface area contributed by atoms with E-state index in [1.807, 2.05) is 18.7 Å². The van der Waals surface area contributed by atoms with E-state index < -0.39 is 9.84 Å². The van der Waals surface area contributed by atoms with Crippen molar-refractivity contribution in [1.29, 1.82) is 0 Å². The van der Waals surface area contributed by atoms with Gasteiger partial charge >= 0.3 is 0 Å². The Kier molecular flexibility index (Phi) is 7.26. The molecule has 0 radical (unpaired) electrons. The number of anilines is 1. The highest BCUT2D eigenvalue weighted by atomic mass is 35.5. The van der Waals surface area contributed by atoms with Crippen molar-refractivity contribution in [2.75, 3.05) is 31.5 Å². The van der Waals surface area contributed by atoms with Crippen LogP contribution in [0.5, 0.6) is 0 Å². The monoisotopic (exact) mass is 612 g/mol. The molecule has 1 aromatic heterocycles. The molecule has 0 bridgehead atoms. The van der Waals surface area contributed by atoms with Gasteiger partial charge in [-0.1, -0.05) is 29.3 Å². The predicted molar refractivity (Wildman–Crippen MR) is 161 cm³/mol. The van der Waals surface area contributed by atoms with Gasteiger partial charge < -0.3 is 15.2 Å². The Bertz CT molecular complexity index is 1700. The Balaban J connectivity index is 1.29. The van der Waals surface area contributed by atoms with E-state index in [9.17, 15) is 18.0 Å². The Labute approximate surface area is 249 Å². The summed E-state index contributed by atoms with van der Waals surface area (Å²) in [6, 6.07) is 10.1. The topological polar surface area (TPSA) is 103 Å². The molecule has 3 aromatic rings. The van der Waals surface area contributed by atoms with E-state index in [1.165, 1.54) is 25.0 Å². The number of rotatable bonds is 6. The normalized spacial score (nSPS) is 18.6. The van der Waals surface area contributed by atoms with E-state index >= 15 is 0 Å². The van der Waals surface area contributed by atoms with Crippen LogP contribution in [0.2, 0.25) is 10.0 Å². The molecule has 3 heterocycles. The second-order valence-corrected chi connectivity index (χ2v) is 13.7. The Hall–Kier alpha value is -3.11. The first kappa shape index (κ1) is 28.0. The molecule has 11 heteroatoms. The zero-order chi connectivity index (χ0) is 29.1. The van der Waals surface area contributed by atoms with Gasteiger partial charge in [-0.3, -0.25) is 14.5 Å². The highest BCUT2D eigenvalue weighted by Gasteiger charge is 2.34. The Morgan fingerprint density at radius 2 is 1.73 bits per heavy atom. The highest BCUT2D eigenvalue weighted by molar-refractivity contribution is 7.90. The number of halogens is 2. The molecular weight excluding hydrogens is 583 g/mol. The van der Waals surface area contributed by atoms with Gasteiger partial charge in [-0.15, -0.1) is 0 Å². The highest BCUT2D eigenvalue weighted by Crippen LogP contribution is 2.37. The van der Waals surface area contributed by atoms with Gasteiger partial charge in [0.25, 0.3) is 11.8 Å². The van der Waals surface area contributed by atoms with Crippen molar-refractivity contribution in [3.8, 4) is 0 Å². The second kappa shape index (κ2) is 10.6. The number of hydrogen-bond acceptors (Lipinski definition) is 5. The first-order valence-electron chi connectivity index (χ1n) is 13.6. The van der Waals surface area contributed by atoms with Crippen LogP contribution in [-0.2, 0) is 20.4 Å². The molecule has 214 valence electrons. The molecule has 2 fully saturated rings. The van der Waals surface area contributed by atoms with Crippen molar-refractivity contribution in [2.45, 2.75) is 43.4 Å². The number of aromatic nitrogens is 1. The summed E-state index contributed by atoms with van der Waals surface area (Å²) in [6.45, 7) is 6.90. The van der Waals surface area contributed by atoms with Gasteiger partial charge in [0.1, 0.15) is 0 Å². The molecule has 41 heavy (non-hydrogen) atoms. The number of nitrogens with zero attached hydrogens (tertiary/aromatic N) is 2. The molecule has 1 saturated carbocycles. The number of sulfone groups is 1. The van der Waals surface area contributed by atoms with Crippen LogP contribution < -0.4 is 5.32 Å². The van der Waals surface area contributed by atoms with Crippen molar-refractivity contribution in [2.24, 2.45) is 0 Å². The van der Waals surface area contributed by atoms with Crippen LogP contribution in [0, 0.1) is 13.8 Å². The second-order valence-electron chi connectivity index (χ2n) is 10.9. The van der Waals surface area contributed by atoms with Crippen LogP contribution in [0.3, 0.4) is 0 Å². The van der Waals surface area contributed by atoms with Gasteiger partial charge in [-0.2, -0.15) is 0 Å². The van der Waals surface area contributed by atoms with Crippen LogP contribution >= 0.6 is 23.2 Å². The fraction of sp³-hybridized carbons (Fsp3) is 0.333. The maximum Gasteiger partial charge on any atom is 0.256 e. The van der Waals surface area contributed by atoms with Gasteiger partial charge in [0.05, 0.1) is 21.8 Å². The summed E-state index contributed by atoms with van der Waals surface area (Å²) in [7, 11) is -3.83. The number of piperazine rings is 1. The van der Waals surface area contributed by atoms with E-state index in [0.717, 1.165) is 24.3 Å². The van der Waals surface area contributed by atoms with Gasteiger partial charge in [0, 0.05) is 70.5 Å². The smallest absolute Gasteiger partial charge is 0.256 e. The maximum absolute atomic E-state index is 13.5. The Morgan fingerprint density at radius 3 is 2.39 bits per heavy atom. The third kappa shape index (κ3) is 5.32. The Morgan fingerprint density at radius 1 is 1.05 bits per heavy atom. The molecule has 1 aliphatic carbocycles. The van der Waals surface area contributed by atoms with Crippen molar-refractivity contribution in [1.82, 2.24) is 14.8 Å². The number of aromatic amines is 1. The molecule has 2 aliphatic heterocycles. The molecule has 2 amide bonds. The molecule has 6 rings (SSSR count). The lowest BCUT2D eigenvalue weighted by Crippen LogP contribution is -2.49. The zero-order valence-corrected chi connectivity index (χ0v) is 25.1. The number of benzene rings is 2. The summed E-state index contributed by atoms with van der Waals surface area (Å²) in [5.74, 6) is -0.737. The predicted octanol–water partition coefficient (Wildman–Crippen LogP) is 5.33. The van der Waals surface area contributed by atoms with Gasteiger partial charge in [-0.05, 0) is 68.7 Å². The summed E-state index contributed by atoms with van der Waals surface area (Å²) < 4.78 is 26.7. The van der Waals surface area contributed by atoms with E-state index in [0.29, 0.717) is 52.8 Å². The lowest BCUT2D eigenvalue weighted by atomic mass is 10.0. The molecular formula is C30H30Cl2N4O4S. The molecule has 1 saturated heterocycles. The molecule has 2 aromatic carbocycles. The number of amides is 2. The minimum atomic E-state index is -3.83. The number of H-pyrrole nitrogens is 1. The van der Waals surface area contributed by atoms with E-state index in [-0.39, 0.29) is 32.5 Å². The number of hydrogen-bond donors (Lipinski definition) is 2. The van der Waals surface area contributed by atoms with Crippen LogP contribution in [0.4, 0.5) is 5.69 Å². The van der Waals surface area contributed by atoms with Gasteiger partial charge in [0.15, 0.2) is 9.84 Å². The number of carbonyl (C=O) groups excluding carboxylic acids is 2. The van der Waals surface area contributed by atoms with Crippen LogP contribution in [0.15, 0.2) is 41.3 Å². The average Bonchev–Trinajstić information content (AvgIpc) is 3.69. The van der Waals surface area contributed by atoms with E-state index in [2.05, 4.69) is 15.2 Å². The van der Waals surface area contributed by atoms with Crippen LogP contribution in [0.1, 0.15) is 51.3 Å². The summed E-state index contributed by atoms with van der Waals surface area (Å²) in [4.78, 5) is 34.2. The molecule has 0 atom stereocenters. The molecule has 3 aliphatic rings. The fourth-order valence-corrected chi connectivity index (χ4v) is 7.84. The summed E-state index contributed by atoms with van der Waals surface area (Å²) in [5.41, 5.74) is 4.36. The lowest BCUT2D eigenvalue weighted by Gasteiger charge is -2.35. The van der Waals surface area contributed by atoms with Crippen molar-refractivity contribution in [3.63, 3.8) is 0 Å². The van der Waals surface area contributed by atoms with Crippen LogP contribution in [-0.4, -0.2) is 67.2 Å². The summed E-state index contributed by atoms with van der Waals surface area (Å²) in [5, 5.41) is 3.35. The standard InChI is InChI=1S/C30H30Cl2N4O4S/c1-17-27(33-18(2)28(17)30(38)36-12-10-35(11-13-36)19-6-7-19)15-22-21-14-20(8-9-26(21)34-29(22)37)41(39,40)16-23-24(31)4-3-5-25(23)32/h3-5,8-9,14-15,19,33H,6-7,10-13,16H2,1-2H3,(H,34,37). The number of fused-ring (bicyclic) bond motifs is 1. The SMILES string of the molecule is Cc1[nH]c(C=C2C(=O)Nc3ccc(S(=O)(=O)Cc4c(Cl)cccc4Cl)cc32)c(C)c1C(=O)N1CCN(C2CC2)CC1. The summed E-state index contributed by atoms with van der Waals surface area (Å²) >= 11 is 12.5. The van der Waals surface area contributed by atoms with E-state index in [1.54, 1.807) is 30.3 Å². The third-order valence-corrected chi connectivity index (χ3v) is 10.5. The number of carbonyl (C=O) groups is 2. The lowest BCUT2D eigenvalue weighted by molar-refractivity contribution is -0.110. The maximum atomic E-state index is 13.5. The first-order chi connectivity index (χ1) is 19.5. The molecule has 0 spiro atoms. The number of aryl methyl sites for hydroxylation is 1. The minimum absolute atomic E-state index is 0.0146. The first-order valence-corrected chi connectivity index (χ1v) is 16.0. The zero-order valence-electron chi connectivity index (χ0n) is 22.8. The van der Waals surface area contributed by atoms with Crippen LogP contribution in [0.25, 0.3) is 11.6 Å².